The summed E-state index contributed by atoms with van der Waals surface area (Å²) in [5, 5.41) is 20.1. The fraction of sp³-hybridized carbons (Fsp3) is 0.566. The molecule has 2 fully saturated rings. The standard InChI is InChI=1S/C53H72ClN5O13S2/c1-30-13-11-14-42(69-10)53(67)28-41(70-51(66)57-53)32(3)48-52(6,72-48)43(27-46(63)59(8)38-25-36(23-30)26-40(68-9)47(38)54)71-50(65)34(5)58(7)45(62)20-22-74-29-35-16-18-37(19-17-35)56-49(64)31(2)24-39(60)33(4)55-44(61)15-12-21-73/h11,13-14,16-19,25-26,31-34,41-43,48,67,73H,12,15,20-24,27-29H2,1-10H3,(H,55,61)(H,56,64)(H,57,66)/b14-11+,30-13+. The van der Waals surface area contributed by atoms with E-state index in [1.807, 2.05) is 25.1 Å². The zero-order chi connectivity index (χ0) is 54.7. The van der Waals surface area contributed by atoms with Gasteiger partial charge in [-0.1, -0.05) is 61.4 Å². The third-order valence-corrected chi connectivity index (χ3v) is 15.6. The van der Waals surface area contributed by atoms with Crippen LogP contribution in [0.5, 0.6) is 5.75 Å². The molecule has 5 rings (SSSR count). The number of aliphatic hydroxyl groups is 1. The summed E-state index contributed by atoms with van der Waals surface area (Å²) >= 11 is 12.4. The maximum absolute atomic E-state index is 14.4. The van der Waals surface area contributed by atoms with Gasteiger partial charge in [-0.25, -0.2) is 9.59 Å². The van der Waals surface area contributed by atoms with Gasteiger partial charge in [0.2, 0.25) is 23.6 Å². The van der Waals surface area contributed by atoms with Crippen LogP contribution in [0.2, 0.25) is 5.02 Å². The van der Waals surface area contributed by atoms with Crippen molar-refractivity contribution in [2.45, 2.75) is 140 Å². The number of carbonyl (C=O) groups is 7. The molecule has 0 radical (unpaired) electrons. The van der Waals surface area contributed by atoms with Crippen molar-refractivity contribution in [2.24, 2.45) is 11.8 Å². The number of ketones is 1. The van der Waals surface area contributed by atoms with Crippen LogP contribution in [0.4, 0.5) is 16.2 Å². The Morgan fingerprint density at radius 2 is 1.80 bits per heavy atom. The van der Waals surface area contributed by atoms with Gasteiger partial charge in [-0.2, -0.15) is 24.4 Å². The second-order valence-corrected chi connectivity index (χ2v) is 21.5. The molecular formula is C53H72ClN5O13S2. The third-order valence-electron chi connectivity index (χ3n) is 13.9. The molecule has 5 amide bonds. The number of halogens is 1. The van der Waals surface area contributed by atoms with E-state index in [1.165, 1.54) is 49.8 Å². The van der Waals surface area contributed by atoms with Gasteiger partial charge in [0.05, 0.1) is 31.4 Å². The van der Waals surface area contributed by atoms with E-state index in [-0.39, 0.29) is 60.6 Å². The lowest BCUT2D eigenvalue weighted by Gasteiger charge is -2.42. The summed E-state index contributed by atoms with van der Waals surface area (Å²) in [4.78, 5) is 95.2. The number of carbonyl (C=O) groups excluding carboxylic acids is 7. The highest BCUT2D eigenvalue weighted by molar-refractivity contribution is 7.98. The molecule has 18 nitrogen and oxygen atoms in total. The number of benzene rings is 2. The highest BCUT2D eigenvalue weighted by Gasteiger charge is 2.64. The first-order chi connectivity index (χ1) is 34.9. The Morgan fingerprint density at radius 3 is 2.46 bits per heavy atom. The lowest BCUT2D eigenvalue weighted by atomic mass is 9.83. The monoisotopic (exact) mass is 1090 g/mol. The number of fused-ring (bicyclic) bond motifs is 5. The Bertz CT molecular complexity index is 2440. The molecule has 10 atom stereocenters. The molecular weight excluding hydrogens is 1010 g/mol. The van der Waals surface area contributed by atoms with Crippen molar-refractivity contribution in [1.29, 1.82) is 0 Å². The van der Waals surface area contributed by atoms with Gasteiger partial charge in [-0.15, -0.1) is 0 Å². The van der Waals surface area contributed by atoms with Crippen LogP contribution < -0.4 is 25.6 Å². The minimum absolute atomic E-state index is 0.0289. The summed E-state index contributed by atoms with van der Waals surface area (Å²) < 4.78 is 29.5. The molecule has 0 aliphatic carbocycles. The number of rotatable bonds is 19. The number of amides is 5. The van der Waals surface area contributed by atoms with Crippen molar-refractivity contribution in [3.8, 4) is 5.75 Å². The molecule has 406 valence electrons. The number of nitrogens with one attached hydrogen (secondary N) is 3. The molecule has 2 aromatic rings. The van der Waals surface area contributed by atoms with E-state index in [2.05, 4.69) is 28.6 Å². The van der Waals surface area contributed by atoms with E-state index < -0.39 is 77.6 Å². The van der Waals surface area contributed by atoms with Crippen LogP contribution in [0.3, 0.4) is 0 Å². The van der Waals surface area contributed by atoms with E-state index in [0.29, 0.717) is 47.2 Å². The number of hydrogen-bond acceptors (Lipinski definition) is 15. The van der Waals surface area contributed by atoms with Crippen LogP contribution in [-0.2, 0) is 59.9 Å². The minimum Gasteiger partial charge on any atom is -0.495 e. The highest BCUT2D eigenvalue weighted by atomic mass is 35.5. The Balaban J connectivity index is 1.22. The second kappa shape index (κ2) is 26.6. The van der Waals surface area contributed by atoms with Gasteiger partial charge in [0.25, 0.3) is 0 Å². The van der Waals surface area contributed by atoms with Gasteiger partial charge < -0.3 is 49.2 Å². The summed E-state index contributed by atoms with van der Waals surface area (Å²) in [5.74, 6) is -1.64. The first-order valence-electron chi connectivity index (χ1n) is 24.7. The number of nitrogens with zero attached hydrogens (tertiary/aromatic N) is 2. The quantitative estimate of drug-likeness (QED) is 0.0433. The highest BCUT2D eigenvalue weighted by Crippen LogP contribution is 2.49. The van der Waals surface area contributed by atoms with Crippen LogP contribution in [0.25, 0.3) is 0 Å². The number of hydrogen-bond donors (Lipinski definition) is 5. The van der Waals surface area contributed by atoms with E-state index in [9.17, 15) is 38.7 Å². The van der Waals surface area contributed by atoms with Crippen molar-refractivity contribution < 1.29 is 62.4 Å². The number of allylic oxidation sites excluding steroid dienone is 3. The Hall–Kier alpha value is -5.12. The molecule has 10 unspecified atom stereocenters. The van der Waals surface area contributed by atoms with Gasteiger partial charge in [0.15, 0.2) is 11.5 Å². The van der Waals surface area contributed by atoms with Crippen LogP contribution >= 0.6 is 36.0 Å². The summed E-state index contributed by atoms with van der Waals surface area (Å²) in [6, 6.07) is 9.02. The number of ether oxygens (including phenoxy) is 5. The fourth-order valence-electron chi connectivity index (χ4n) is 8.90. The van der Waals surface area contributed by atoms with E-state index in [0.717, 1.165) is 16.7 Å². The third kappa shape index (κ3) is 15.5. The van der Waals surface area contributed by atoms with Crippen LogP contribution in [0.1, 0.15) is 91.2 Å². The maximum Gasteiger partial charge on any atom is 0.409 e. The average Bonchev–Trinajstić information content (AvgIpc) is 4.06. The van der Waals surface area contributed by atoms with Gasteiger partial charge in [0, 0.05) is 75.9 Å². The average molecular weight is 1090 g/mol. The summed E-state index contributed by atoms with van der Waals surface area (Å²) in [7, 11) is 5.97. The van der Waals surface area contributed by atoms with Crippen molar-refractivity contribution in [3.05, 3.63) is 76.3 Å². The second-order valence-electron chi connectivity index (χ2n) is 19.6. The molecule has 0 aromatic heterocycles. The van der Waals surface area contributed by atoms with Crippen molar-refractivity contribution in [3.63, 3.8) is 0 Å². The Labute approximate surface area is 448 Å². The predicted molar refractivity (Wildman–Crippen MR) is 286 cm³/mol. The number of Topliss-reactive ketones (excluding diaryl/α,β-unsaturated/α-hetero) is 1. The Kier molecular flexibility index (Phi) is 21.5. The first-order valence-corrected chi connectivity index (χ1v) is 26.9. The smallest absolute Gasteiger partial charge is 0.409 e. The molecule has 74 heavy (non-hydrogen) atoms. The van der Waals surface area contributed by atoms with Gasteiger partial charge >= 0.3 is 12.1 Å². The topological polar surface area (TPSA) is 232 Å². The first kappa shape index (κ1) is 59.8. The molecule has 2 saturated heterocycles. The lowest BCUT2D eigenvalue weighted by molar-refractivity contribution is -0.162. The molecule has 4 N–H and O–H groups in total. The maximum atomic E-state index is 14.4. The molecule has 3 aliphatic rings. The molecule has 2 aromatic carbocycles. The molecule has 0 spiro atoms. The van der Waals surface area contributed by atoms with E-state index in [4.69, 9.17) is 35.3 Å². The van der Waals surface area contributed by atoms with E-state index in [1.54, 1.807) is 71.2 Å². The Morgan fingerprint density at radius 1 is 1.09 bits per heavy atom. The number of anilines is 2. The summed E-state index contributed by atoms with van der Waals surface area (Å²) in [6.45, 7) is 10.2. The summed E-state index contributed by atoms with van der Waals surface area (Å²) in [6.07, 6.45) is 1.53. The van der Waals surface area contributed by atoms with Crippen molar-refractivity contribution >= 4 is 88.8 Å². The zero-order valence-electron chi connectivity index (χ0n) is 43.9. The van der Waals surface area contributed by atoms with Crippen molar-refractivity contribution in [1.82, 2.24) is 15.5 Å². The molecule has 3 aliphatic heterocycles. The number of thiol groups is 1. The lowest BCUT2D eigenvalue weighted by Crippen LogP contribution is -2.63. The minimum atomic E-state index is -1.87. The number of epoxide rings is 1. The number of esters is 1. The number of thioether (sulfide) groups is 1. The van der Waals surface area contributed by atoms with Gasteiger partial charge in [-0.05, 0) is 81.7 Å². The van der Waals surface area contributed by atoms with Crippen LogP contribution in [-0.4, -0.2) is 139 Å². The van der Waals surface area contributed by atoms with Crippen LogP contribution in [0, 0.1) is 11.8 Å². The number of likely N-dealkylation sites (N-methyl/N-ethyl adjacent to an activating group) is 1. The normalized spacial score (nSPS) is 26.3. The molecule has 3 heterocycles. The molecule has 0 saturated carbocycles. The molecule has 4 bridgehead atoms. The van der Waals surface area contributed by atoms with Gasteiger partial charge in [-0.3, -0.25) is 29.3 Å². The SMILES string of the molecule is COc1cc2cc(c1Cl)N(C)C(=O)CC(OC(=O)C(C)N(C)C(=O)CCSCc1ccc(NC(=O)C(C)CC(=O)C(C)NC(=O)CCCS)cc1)C1(C)OC1C(C)C1CC(O)(NC(=O)O1)C(OC)/C=C/C=C(\C)C2. The van der Waals surface area contributed by atoms with E-state index >= 15 is 0 Å². The largest absolute Gasteiger partial charge is 0.495 e. The van der Waals surface area contributed by atoms with Gasteiger partial charge in [0.1, 0.15) is 40.7 Å². The van der Waals surface area contributed by atoms with Crippen molar-refractivity contribution in [2.75, 3.05) is 50.0 Å². The fourth-order valence-corrected chi connectivity index (χ4v) is 10.3. The molecule has 21 heteroatoms. The zero-order valence-corrected chi connectivity index (χ0v) is 46.3. The number of alkyl carbamates (subject to hydrolysis) is 1. The summed E-state index contributed by atoms with van der Waals surface area (Å²) in [5.41, 5.74) is 0.412. The van der Waals surface area contributed by atoms with Crippen LogP contribution in [0.15, 0.2) is 60.2 Å². The number of methoxy groups -OCH3 is 2. The predicted octanol–water partition coefficient (Wildman–Crippen LogP) is 6.59.